The molecular weight excluding hydrogens is 428 g/mol. The first kappa shape index (κ1) is 20.2. The highest BCUT2D eigenvalue weighted by Gasteiger charge is 2.40. The first-order chi connectivity index (χ1) is 15.5. The molecule has 5 rings (SSSR count). The van der Waals surface area contributed by atoms with Crippen LogP contribution in [0.3, 0.4) is 0 Å². The van der Waals surface area contributed by atoms with Crippen molar-refractivity contribution >= 4 is 40.4 Å². The van der Waals surface area contributed by atoms with Crippen LogP contribution in [-0.4, -0.2) is 25.0 Å². The summed E-state index contributed by atoms with van der Waals surface area (Å²) in [7, 11) is 0. The van der Waals surface area contributed by atoms with Crippen molar-refractivity contribution in [3.63, 3.8) is 0 Å². The molecule has 0 atom stereocenters. The molecule has 32 heavy (non-hydrogen) atoms. The molecule has 0 spiro atoms. The Balaban J connectivity index is 1.58. The average molecular weight is 447 g/mol. The highest BCUT2D eigenvalue weighted by molar-refractivity contribution is 6.46. The van der Waals surface area contributed by atoms with Gasteiger partial charge in [-0.05, 0) is 42.3 Å². The number of amides is 2. The van der Waals surface area contributed by atoms with Gasteiger partial charge in [0.15, 0.2) is 11.5 Å². The Morgan fingerprint density at radius 1 is 0.875 bits per heavy atom. The third-order valence-corrected chi connectivity index (χ3v) is 5.78. The molecule has 3 aromatic carbocycles. The van der Waals surface area contributed by atoms with Crippen LogP contribution in [0.5, 0.6) is 11.5 Å². The molecule has 0 bridgehead atoms. The molecule has 2 amide bonds. The van der Waals surface area contributed by atoms with Gasteiger partial charge in [-0.2, -0.15) is 0 Å². The molecule has 3 aromatic rings. The number of carbonyl (C=O) groups excluding carboxylic acids is 2. The van der Waals surface area contributed by atoms with E-state index in [-0.39, 0.29) is 5.70 Å². The number of halogens is 1. The first-order valence-electron chi connectivity index (χ1n) is 10.1. The molecule has 160 valence electrons. The Labute approximate surface area is 190 Å². The van der Waals surface area contributed by atoms with Gasteiger partial charge in [0.05, 0.1) is 11.3 Å². The van der Waals surface area contributed by atoms with Crippen molar-refractivity contribution in [2.75, 3.05) is 23.4 Å². The molecule has 0 radical (unpaired) electrons. The number of imide groups is 1. The van der Waals surface area contributed by atoms with Crippen molar-refractivity contribution in [2.24, 2.45) is 0 Å². The van der Waals surface area contributed by atoms with Crippen LogP contribution in [-0.2, 0) is 9.59 Å². The quantitative estimate of drug-likeness (QED) is 0.582. The van der Waals surface area contributed by atoms with E-state index in [9.17, 15) is 9.59 Å². The predicted molar refractivity (Wildman–Crippen MR) is 123 cm³/mol. The summed E-state index contributed by atoms with van der Waals surface area (Å²) in [5, 5.41) is 3.69. The smallest absolute Gasteiger partial charge is 0.282 e. The third-order valence-electron chi connectivity index (χ3n) is 5.37. The minimum atomic E-state index is -0.456. The molecule has 2 heterocycles. The Hall–Kier alpha value is -3.77. The van der Waals surface area contributed by atoms with Crippen molar-refractivity contribution < 1.29 is 19.1 Å². The molecule has 0 saturated carbocycles. The lowest BCUT2D eigenvalue weighted by atomic mass is 10.0. The number of rotatable bonds is 4. The maximum Gasteiger partial charge on any atom is 0.282 e. The van der Waals surface area contributed by atoms with E-state index in [0.717, 1.165) is 10.5 Å². The third kappa shape index (κ3) is 3.48. The monoisotopic (exact) mass is 446 g/mol. The van der Waals surface area contributed by atoms with Gasteiger partial charge in [-0.15, -0.1) is 0 Å². The van der Waals surface area contributed by atoms with Crippen molar-refractivity contribution in [1.82, 2.24) is 0 Å². The Kier molecular flexibility index (Phi) is 5.07. The van der Waals surface area contributed by atoms with Gasteiger partial charge >= 0.3 is 0 Å². The van der Waals surface area contributed by atoms with Crippen LogP contribution in [0.15, 0.2) is 72.4 Å². The van der Waals surface area contributed by atoms with Crippen molar-refractivity contribution in [3.05, 3.63) is 88.6 Å². The molecule has 0 aliphatic carbocycles. The molecule has 0 saturated heterocycles. The SMILES string of the molecule is Cc1ccc(NC2=C(c3ccccc3)C(=O)N(c3ccc4c(c3)OCCO4)C2=O)cc1Cl. The van der Waals surface area contributed by atoms with Crippen LogP contribution < -0.4 is 19.7 Å². The standard InChI is InChI=1S/C25H19ClN2O4/c1-15-7-8-17(13-19(15)26)27-23-22(16-5-3-2-4-6-16)24(29)28(25(23)30)18-9-10-20-21(14-18)32-12-11-31-20/h2-10,13-14,27H,11-12H2,1H3. The molecule has 2 aliphatic rings. The Morgan fingerprint density at radius 2 is 1.62 bits per heavy atom. The van der Waals surface area contributed by atoms with Crippen molar-refractivity contribution in [1.29, 1.82) is 0 Å². The molecule has 0 unspecified atom stereocenters. The van der Waals surface area contributed by atoms with Crippen LogP contribution >= 0.6 is 11.6 Å². The largest absolute Gasteiger partial charge is 0.486 e. The van der Waals surface area contributed by atoms with Gasteiger partial charge in [0.25, 0.3) is 11.8 Å². The van der Waals surface area contributed by atoms with Crippen LogP contribution in [0.1, 0.15) is 11.1 Å². The topological polar surface area (TPSA) is 67.9 Å². The first-order valence-corrected chi connectivity index (χ1v) is 10.5. The van der Waals surface area contributed by atoms with E-state index >= 15 is 0 Å². The van der Waals surface area contributed by atoms with Gasteiger partial charge in [0.1, 0.15) is 18.9 Å². The summed E-state index contributed by atoms with van der Waals surface area (Å²) in [5.41, 5.74) is 3.08. The van der Waals surface area contributed by atoms with Crippen LogP contribution in [0.2, 0.25) is 5.02 Å². The number of fused-ring (bicyclic) bond motifs is 1. The van der Waals surface area contributed by atoms with Gasteiger partial charge in [-0.3, -0.25) is 9.59 Å². The second-order valence-electron chi connectivity index (χ2n) is 7.48. The number of nitrogens with zero attached hydrogens (tertiary/aromatic N) is 1. The van der Waals surface area contributed by atoms with E-state index in [4.69, 9.17) is 21.1 Å². The van der Waals surface area contributed by atoms with Crippen molar-refractivity contribution in [2.45, 2.75) is 6.92 Å². The van der Waals surface area contributed by atoms with E-state index in [1.54, 1.807) is 36.4 Å². The summed E-state index contributed by atoms with van der Waals surface area (Å²) in [6.07, 6.45) is 0. The number of nitrogens with one attached hydrogen (secondary N) is 1. The van der Waals surface area contributed by atoms with Crippen LogP contribution in [0.4, 0.5) is 11.4 Å². The number of aryl methyl sites for hydroxylation is 1. The fraction of sp³-hybridized carbons (Fsp3) is 0.120. The lowest BCUT2D eigenvalue weighted by Gasteiger charge is -2.21. The summed E-state index contributed by atoms with van der Waals surface area (Å²) < 4.78 is 11.2. The molecule has 2 aliphatic heterocycles. The molecule has 0 aromatic heterocycles. The van der Waals surface area contributed by atoms with E-state index in [2.05, 4.69) is 5.32 Å². The van der Waals surface area contributed by atoms with Crippen LogP contribution in [0.25, 0.3) is 5.57 Å². The maximum atomic E-state index is 13.5. The van der Waals surface area contributed by atoms with Gasteiger partial charge in [0.2, 0.25) is 0 Å². The maximum absolute atomic E-state index is 13.5. The zero-order chi connectivity index (χ0) is 22.2. The number of carbonyl (C=O) groups is 2. The fourth-order valence-corrected chi connectivity index (χ4v) is 3.92. The van der Waals surface area contributed by atoms with Crippen molar-refractivity contribution in [3.8, 4) is 11.5 Å². The zero-order valence-electron chi connectivity index (χ0n) is 17.2. The van der Waals surface area contributed by atoms with E-state index in [1.165, 1.54) is 0 Å². The lowest BCUT2D eigenvalue weighted by molar-refractivity contribution is -0.120. The minimum Gasteiger partial charge on any atom is -0.486 e. The molecule has 6 nitrogen and oxygen atoms in total. The summed E-state index contributed by atoms with van der Waals surface area (Å²) in [6.45, 7) is 2.77. The summed E-state index contributed by atoms with van der Waals surface area (Å²) in [4.78, 5) is 28.2. The number of hydrogen-bond donors (Lipinski definition) is 1. The van der Waals surface area contributed by atoms with Gasteiger partial charge in [-0.1, -0.05) is 48.0 Å². The second-order valence-corrected chi connectivity index (χ2v) is 7.89. The van der Waals surface area contributed by atoms with Gasteiger partial charge in [0, 0.05) is 16.8 Å². The minimum absolute atomic E-state index is 0.191. The molecular formula is C25H19ClN2O4. The van der Waals surface area contributed by atoms with Gasteiger partial charge < -0.3 is 14.8 Å². The van der Waals surface area contributed by atoms with E-state index in [0.29, 0.717) is 52.2 Å². The van der Waals surface area contributed by atoms with E-state index in [1.807, 2.05) is 37.3 Å². The molecule has 7 heteroatoms. The summed E-state index contributed by atoms with van der Waals surface area (Å²) in [5.74, 6) is 0.214. The van der Waals surface area contributed by atoms with E-state index < -0.39 is 11.8 Å². The zero-order valence-corrected chi connectivity index (χ0v) is 18.0. The fourth-order valence-electron chi connectivity index (χ4n) is 3.74. The molecule has 1 N–H and O–H groups in total. The number of anilines is 2. The predicted octanol–water partition coefficient (Wildman–Crippen LogP) is 4.82. The number of ether oxygens (including phenoxy) is 2. The second kappa shape index (κ2) is 8.05. The Morgan fingerprint density at radius 3 is 2.38 bits per heavy atom. The summed E-state index contributed by atoms with van der Waals surface area (Å²) >= 11 is 6.27. The molecule has 0 fully saturated rings. The highest BCUT2D eigenvalue weighted by atomic mass is 35.5. The average Bonchev–Trinajstić information content (AvgIpc) is 3.05. The normalized spacial score (nSPS) is 15.4. The lowest BCUT2D eigenvalue weighted by Crippen LogP contribution is -2.32. The number of benzene rings is 3. The van der Waals surface area contributed by atoms with Gasteiger partial charge in [-0.25, -0.2) is 4.90 Å². The summed E-state index contributed by atoms with van der Waals surface area (Å²) in [6, 6.07) is 19.6. The Bertz CT molecular complexity index is 1270. The highest BCUT2D eigenvalue weighted by Crippen LogP contribution is 2.38. The van der Waals surface area contributed by atoms with Crippen LogP contribution in [0, 0.1) is 6.92 Å². The number of hydrogen-bond acceptors (Lipinski definition) is 5.